The van der Waals surface area contributed by atoms with E-state index >= 15 is 0 Å². The van der Waals surface area contributed by atoms with E-state index in [1.54, 1.807) is 11.3 Å². The minimum atomic E-state index is -0.794. The molecule has 0 spiro atoms. The van der Waals surface area contributed by atoms with Crippen molar-refractivity contribution < 1.29 is 9.90 Å². The van der Waals surface area contributed by atoms with Gasteiger partial charge < -0.3 is 5.11 Å². The summed E-state index contributed by atoms with van der Waals surface area (Å²) in [5, 5.41) is 12.8. The monoisotopic (exact) mass is 360 g/mol. The second-order valence-electron chi connectivity index (χ2n) is 4.87. The molecular weight excluding hydrogens is 348 g/mol. The van der Waals surface area contributed by atoms with Gasteiger partial charge in [0.1, 0.15) is 0 Å². The Morgan fingerprint density at radius 1 is 1.14 bits per heavy atom. The molecule has 106 valence electrons. The molecule has 4 heteroatoms. The molecule has 2 nitrogen and oxygen atoms in total. The maximum absolute atomic E-state index is 11.7. The maximum atomic E-state index is 11.7. The fourth-order valence-electron chi connectivity index (χ4n) is 2.50. The van der Waals surface area contributed by atoms with Crippen LogP contribution in [0, 0.1) is 0 Å². The molecule has 1 heterocycles. The first-order valence-corrected chi connectivity index (χ1v) is 8.26. The average molecular weight is 361 g/mol. The van der Waals surface area contributed by atoms with Crippen LogP contribution in [0.5, 0.6) is 0 Å². The van der Waals surface area contributed by atoms with Gasteiger partial charge in [0.25, 0.3) is 0 Å². The summed E-state index contributed by atoms with van der Waals surface area (Å²) in [5.74, 6) is -1.34. The zero-order valence-corrected chi connectivity index (χ0v) is 13.5. The number of hydrogen-bond acceptors (Lipinski definition) is 2. The minimum Gasteiger partial charge on any atom is -0.481 e. The van der Waals surface area contributed by atoms with Crippen molar-refractivity contribution in [1.29, 1.82) is 0 Å². The highest BCUT2D eigenvalue weighted by molar-refractivity contribution is 9.10. The summed E-state index contributed by atoms with van der Waals surface area (Å²) in [6.07, 6.45) is 0.502. The topological polar surface area (TPSA) is 37.3 Å². The number of thiophene rings is 1. The SMILES string of the molecule is O=C(O)C(Cc1csc2ccccc12)c1ccccc1Br. The Morgan fingerprint density at radius 2 is 1.86 bits per heavy atom. The molecule has 0 radical (unpaired) electrons. The molecule has 1 unspecified atom stereocenters. The molecule has 0 fully saturated rings. The minimum absolute atomic E-state index is 0.502. The molecule has 0 saturated carbocycles. The molecule has 1 atom stereocenters. The van der Waals surface area contributed by atoms with Crippen LogP contribution in [0.15, 0.2) is 58.4 Å². The van der Waals surface area contributed by atoms with Crippen molar-refractivity contribution in [2.75, 3.05) is 0 Å². The molecule has 3 aromatic rings. The largest absolute Gasteiger partial charge is 0.481 e. The molecule has 2 aromatic carbocycles. The second kappa shape index (κ2) is 6.00. The smallest absolute Gasteiger partial charge is 0.311 e. The van der Waals surface area contributed by atoms with Crippen molar-refractivity contribution in [3.05, 3.63) is 69.5 Å². The van der Waals surface area contributed by atoms with Crippen LogP contribution in [0.3, 0.4) is 0 Å². The lowest BCUT2D eigenvalue weighted by Gasteiger charge is -2.14. The predicted molar refractivity (Wildman–Crippen MR) is 90.0 cm³/mol. The summed E-state index contributed by atoms with van der Waals surface area (Å²) >= 11 is 5.12. The highest BCUT2D eigenvalue weighted by Crippen LogP contribution is 2.33. The summed E-state index contributed by atoms with van der Waals surface area (Å²) in [6.45, 7) is 0. The van der Waals surface area contributed by atoms with E-state index in [0.29, 0.717) is 6.42 Å². The molecule has 0 amide bonds. The van der Waals surface area contributed by atoms with E-state index in [1.807, 2.05) is 36.4 Å². The van der Waals surface area contributed by atoms with Gasteiger partial charge in [0.15, 0.2) is 0 Å². The van der Waals surface area contributed by atoms with Gasteiger partial charge in [-0.25, -0.2) is 0 Å². The summed E-state index contributed by atoms with van der Waals surface area (Å²) in [4.78, 5) is 11.7. The van der Waals surface area contributed by atoms with Crippen LogP contribution >= 0.6 is 27.3 Å². The molecule has 0 saturated heterocycles. The van der Waals surface area contributed by atoms with E-state index < -0.39 is 11.9 Å². The number of rotatable bonds is 4. The van der Waals surface area contributed by atoms with Crippen molar-refractivity contribution in [2.24, 2.45) is 0 Å². The van der Waals surface area contributed by atoms with Crippen LogP contribution < -0.4 is 0 Å². The summed E-state index contributed by atoms with van der Waals surface area (Å²) in [6, 6.07) is 15.7. The van der Waals surface area contributed by atoms with Gasteiger partial charge in [-0.2, -0.15) is 0 Å². The van der Waals surface area contributed by atoms with Gasteiger partial charge in [-0.3, -0.25) is 4.79 Å². The Bertz CT molecular complexity index is 794. The molecule has 0 bridgehead atoms. The number of carbonyl (C=O) groups is 1. The van der Waals surface area contributed by atoms with E-state index in [-0.39, 0.29) is 0 Å². The van der Waals surface area contributed by atoms with E-state index in [0.717, 1.165) is 21.0 Å². The predicted octanol–water partition coefficient (Wildman–Crippen LogP) is 5.07. The lowest BCUT2D eigenvalue weighted by atomic mass is 9.92. The van der Waals surface area contributed by atoms with Crippen LogP contribution in [0.2, 0.25) is 0 Å². The number of aliphatic carboxylic acids is 1. The van der Waals surface area contributed by atoms with E-state index in [1.165, 1.54) is 4.70 Å². The quantitative estimate of drug-likeness (QED) is 0.704. The third kappa shape index (κ3) is 2.87. The zero-order chi connectivity index (χ0) is 14.8. The van der Waals surface area contributed by atoms with Gasteiger partial charge in [-0.1, -0.05) is 52.3 Å². The van der Waals surface area contributed by atoms with Crippen molar-refractivity contribution in [1.82, 2.24) is 0 Å². The maximum Gasteiger partial charge on any atom is 0.311 e. The molecule has 1 N–H and O–H groups in total. The van der Waals surface area contributed by atoms with Crippen molar-refractivity contribution in [3.63, 3.8) is 0 Å². The Morgan fingerprint density at radius 3 is 2.62 bits per heavy atom. The molecule has 1 aromatic heterocycles. The third-order valence-electron chi connectivity index (χ3n) is 3.56. The second-order valence-corrected chi connectivity index (χ2v) is 6.64. The van der Waals surface area contributed by atoms with Crippen molar-refractivity contribution >= 4 is 43.3 Å². The van der Waals surface area contributed by atoms with Gasteiger partial charge >= 0.3 is 5.97 Å². The van der Waals surface area contributed by atoms with E-state index in [4.69, 9.17) is 0 Å². The van der Waals surface area contributed by atoms with Crippen LogP contribution in [0.1, 0.15) is 17.0 Å². The molecule has 0 aliphatic rings. The summed E-state index contributed by atoms with van der Waals surface area (Å²) in [7, 11) is 0. The lowest BCUT2D eigenvalue weighted by molar-refractivity contribution is -0.138. The third-order valence-corrected chi connectivity index (χ3v) is 5.30. The van der Waals surface area contributed by atoms with Gasteiger partial charge in [0.2, 0.25) is 0 Å². The Labute approximate surface area is 135 Å². The standard InChI is InChI=1S/C17H13BrO2S/c18-15-7-3-1-6-13(15)14(17(19)20)9-11-10-21-16-8-4-2-5-12(11)16/h1-8,10,14H,9H2,(H,19,20). The fourth-order valence-corrected chi connectivity index (χ4v) is 4.04. The number of halogens is 1. The number of hydrogen-bond donors (Lipinski definition) is 1. The highest BCUT2D eigenvalue weighted by Gasteiger charge is 2.23. The van der Waals surface area contributed by atoms with Crippen LogP contribution in [0.4, 0.5) is 0 Å². The van der Waals surface area contributed by atoms with E-state index in [2.05, 4.69) is 33.4 Å². The number of carboxylic acid groups (broad SMARTS) is 1. The van der Waals surface area contributed by atoms with Gasteiger partial charge in [0, 0.05) is 9.17 Å². The lowest BCUT2D eigenvalue weighted by Crippen LogP contribution is -2.14. The van der Waals surface area contributed by atoms with Crippen molar-refractivity contribution in [2.45, 2.75) is 12.3 Å². The highest BCUT2D eigenvalue weighted by atomic mass is 79.9. The first-order chi connectivity index (χ1) is 10.2. The van der Waals surface area contributed by atoms with Crippen LogP contribution in [-0.4, -0.2) is 11.1 Å². The zero-order valence-electron chi connectivity index (χ0n) is 11.1. The Balaban J connectivity index is 2.00. The first-order valence-electron chi connectivity index (χ1n) is 6.59. The average Bonchev–Trinajstić information content (AvgIpc) is 2.89. The molecule has 21 heavy (non-hydrogen) atoms. The number of carboxylic acids is 1. The van der Waals surface area contributed by atoms with Crippen molar-refractivity contribution in [3.8, 4) is 0 Å². The Hall–Kier alpha value is -1.65. The summed E-state index contributed by atoms with van der Waals surface area (Å²) < 4.78 is 2.04. The number of fused-ring (bicyclic) bond motifs is 1. The Kier molecular flexibility index (Phi) is 4.08. The molecule has 0 aliphatic carbocycles. The fraction of sp³-hybridized carbons (Fsp3) is 0.118. The van der Waals surface area contributed by atoms with Gasteiger partial charge in [0.05, 0.1) is 5.92 Å². The summed E-state index contributed by atoms with van der Waals surface area (Å²) in [5.41, 5.74) is 1.92. The normalized spacial score (nSPS) is 12.4. The molecular formula is C17H13BrO2S. The molecule has 0 aliphatic heterocycles. The van der Waals surface area contributed by atoms with Crippen LogP contribution in [-0.2, 0) is 11.2 Å². The van der Waals surface area contributed by atoms with Gasteiger partial charge in [-0.15, -0.1) is 11.3 Å². The van der Waals surface area contributed by atoms with Gasteiger partial charge in [-0.05, 0) is 40.4 Å². The number of benzene rings is 2. The first kappa shape index (κ1) is 14.3. The van der Waals surface area contributed by atoms with E-state index in [9.17, 15) is 9.90 Å². The van der Waals surface area contributed by atoms with Crippen LogP contribution in [0.25, 0.3) is 10.1 Å². The molecule has 3 rings (SSSR count).